The zero-order chi connectivity index (χ0) is 20.5. The minimum absolute atomic E-state index is 0.175. The van der Waals surface area contributed by atoms with Gasteiger partial charge in [0.1, 0.15) is 5.82 Å². The summed E-state index contributed by atoms with van der Waals surface area (Å²) in [6, 6.07) is 14.9. The summed E-state index contributed by atoms with van der Waals surface area (Å²) >= 11 is 0. The van der Waals surface area contributed by atoms with E-state index in [9.17, 15) is 9.59 Å². The number of para-hydroxylation sites is 2. The number of rotatable bonds is 5. The van der Waals surface area contributed by atoms with Crippen molar-refractivity contribution in [2.24, 2.45) is 5.92 Å². The van der Waals surface area contributed by atoms with Crippen LogP contribution in [0.1, 0.15) is 30.2 Å². The normalized spacial score (nSPS) is 11.4. The predicted molar refractivity (Wildman–Crippen MR) is 113 cm³/mol. The summed E-state index contributed by atoms with van der Waals surface area (Å²) in [5, 5.41) is 5.50. The largest absolute Gasteiger partial charge is 0.340 e. The average Bonchev–Trinajstić information content (AvgIpc) is 3.11. The number of benzene rings is 2. The lowest BCUT2D eigenvalue weighted by molar-refractivity contribution is 0.0775. The Kier molecular flexibility index (Phi) is 4.88. The summed E-state index contributed by atoms with van der Waals surface area (Å²) in [7, 11) is 1.71. The molecule has 0 spiro atoms. The molecular weight excluding hydrogens is 366 g/mol. The van der Waals surface area contributed by atoms with Gasteiger partial charge in [0, 0.05) is 19.0 Å². The molecule has 0 aliphatic rings. The van der Waals surface area contributed by atoms with Crippen LogP contribution < -0.4 is 5.56 Å². The molecule has 0 atom stereocenters. The van der Waals surface area contributed by atoms with Crippen LogP contribution in [0, 0.1) is 5.92 Å². The number of hydrogen-bond donors (Lipinski definition) is 1. The maximum atomic E-state index is 13.2. The molecule has 1 N–H and O–H groups in total. The molecule has 0 unspecified atom stereocenters. The van der Waals surface area contributed by atoms with Crippen LogP contribution in [0.4, 0.5) is 0 Å². The Bertz CT molecular complexity index is 1220. The number of hydrogen-bond acceptors (Lipinski definition) is 4. The number of nitrogens with one attached hydrogen (secondary N) is 1. The van der Waals surface area contributed by atoms with Crippen molar-refractivity contribution < 1.29 is 4.79 Å². The number of amides is 1. The van der Waals surface area contributed by atoms with Crippen molar-refractivity contribution >= 4 is 27.7 Å². The Balaban J connectivity index is 1.71. The first-order chi connectivity index (χ1) is 13.9. The fourth-order valence-corrected chi connectivity index (χ4v) is 3.42. The number of imidazole rings is 1. The third-order valence-corrected chi connectivity index (χ3v) is 4.78. The smallest absolute Gasteiger partial charge is 0.275 e. The molecule has 0 aliphatic carbocycles. The minimum Gasteiger partial charge on any atom is -0.340 e. The number of H-pyrrole nitrogens is 1. The highest BCUT2D eigenvalue weighted by atomic mass is 16.2. The second-order valence-corrected chi connectivity index (χ2v) is 7.64. The maximum Gasteiger partial charge on any atom is 0.275 e. The van der Waals surface area contributed by atoms with Gasteiger partial charge >= 0.3 is 0 Å². The molecule has 2 aromatic carbocycles. The molecular formula is C22H23N5O2. The van der Waals surface area contributed by atoms with Crippen molar-refractivity contribution in [1.29, 1.82) is 0 Å². The van der Waals surface area contributed by atoms with Crippen molar-refractivity contribution in [3.8, 4) is 0 Å². The standard InChI is InChI=1S/C22H23N5O2/c1-14(2)12-27-21(28)16-9-5-4-8-15(16)20(25-27)22(29)26(3)13-19-23-17-10-6-7-11-18(17)24-19/h4-11,14H,12-13H2,1-3H3,(H,23,24). The number of aromatic nitrogens is 4. The fraction of sp³-hybridized carbons (Fsp3) is 0.273. The summed E-state index contributed by atoms with van der Waals surface area (Å²) in [5.74, 6) is 0.679. The number of nitrogens with zero attached hydrogens (tertiary/aromatic N) is 4. The first-order valence-corrected chi connectivity index (χ1v) is 9.63. The van der Waals surface area contributed by atoms with Gasteiger partial charge in [-0.2, -0.15) is 5.10 Å². The summed E-state index contributed by atoms with van der Waals surface area (Å²) in [6.07, 6.45) is 0. The number of carbonyl (C=O) groups is 1. The molecule has 148 valence electrons. The lowest BCUT2D eigenvalue weighted by Gasteiger charge is -2.18. The molecule has 0 radical (unpaired) electrons. The van der Waals surface area contributed by atoms with E-state index >= 15 is 0 Å². The van der Waals surface area contributed by atoms with Gasteiger partial charge in [0.25, 0.3) is 11.5 Å². The Morgan fingerprint density at radius 2 is 1.79 bits per heavy atom. The van der Waals surface area contributed by atoms with E-state index in [1.54, 1.807) is 30.1 Å². The monoisotopic (exact) mass is 389 g/mol. The quantitative estimate of drug-likeness (QED) is 0.568. The maximum absolute atomic E-state index is 13.2. The van der Waals surface area contributed by atoms with E-state index in [1.807, 2.05) is 44.2 Å². The summed E-state index contributed by atoms with van der Waals surface area (Å²) in [4.78, 5) is 35.3. The van der Waals surface area contributed by atoms with Gasteiger partial charge < -0.3 is 9.88 Å². The van der Waals surface area contributed by atoms with Crippen molar-refractivity contribution in [1.82, 2.24) is 24.6 Å². The molecule has 0 bridgehead atoms. The first-order valence-electron chi connectivity index (χ1n) is 9.63. The highest BCUT2D eigenvalue weighted by molar-refractivity contribution is 6.04. The molecule has 0 aliphatic heterocycles. The summed E-state index contributed by atoms with van der Waals surface area (Å²) < 4.78 is 1.40. The van der Waals surface area contributed by atoms with E-state index in [0.717, 1.165) is 11.0 Å². The van der Waals surface area contributed by atoms with Crippen LogP contribution in [0.5, 0.6) is 0 Å². The number of fused-ring (bicyclic) bond motifs is 2. The molecule has 2 heterocycles. The van der Waals surface area contributed by atoms with E-state index in [4.69, 9.17) is 0 Å². The minimum atomic E-state index is -0.251. The van der Waals surface area contributed by atoms with Gasteiger partial charge in [-0.15, -0.1) is 0 Å². The van der Waals surface area contributed by atoms with Gasteiger partial charge in [-0.05, 0) is 24.1 Å². The summed E-state index contributed by atoms with van der Waals surface area (Å²) in [6.45, 7) is 4.79. The van der Waals surface area contributed by atoms with Gasteiger partial charge in [0.2, 0.25) is 0 Å². The number of aromatic amines is 1. The Labute approximate surface area is 168 Å². The van der Waals surface area contributed by atoms with E-state index in [-0.39, 0.29) is 23.1 Å². The third-order valence-electron chi connectivity index (χ3n) is 4.78. The van der Waals surface area contributed by atoms with Gasteiger partial charge in [-0.3, -0.25) is 9.59 Å². The van der Waals surface area contributed by atoms with Crippen LogP contribution >= 0.6 is 0 Å². The third kappa shape index (κ3) is 3.63. The fourth-order valence-electron chi connectivity index (χ4n) is 3.42. The molecule has 4 rings (SSSR count). The first kappa shape index (κ1) is 18.9. The van der Waals surface area contributed by atoms with Crippen LogP contribution in [-0.2, 0) is 13.1 Å². The lowest BCUT2D eigenvalue weighted by Crippen LogP contribution is -2.32. The van der Waals surface area contributed by atoms with Crippen LogP contribution in [-0.4, -0.2) is 37.6 Å². The molecule has 29 heavy (non-hydrogen) atoms. The molecule has 1 amide bonds. The average molecular weight is 389 g/mol. The SMILES string of the molecule is CC(C)Cn1nc(C(=O)N(C)Cc2nc3ccccc3[nH]2)c2ccccc2c1=O. The highest BCUT2D eigenvalue weighted by Gasteiger charge is 2.21. The molecule has 0 fully saturated rings. The van der Waals surface area contributed by atoms with Crippen molar-refractivity contribution in [3.63, 3.8) is 0 Å². The van der Waals surface area contributed by atoms with Gasteiger partial charge in [0.05, 0.1) is 23.0 Å². The molecule has 2 aromatic heterocycles. The molecule has 0 saturated carbocycles. The lowest BCUT2D eigenvalue weighted by atomic mass is 10.1. The van der Waals surface area contributed by atoms with Crippen LogP contribution in [0.25, 0.3) is 21.8 Å². The van der Waals surface area contributed by atoms with Crippen molar-refractivity contribution in [3.05, 3.63) is 70.4 Å². The van der Waals surface area contributed by atoms with Crippen LogP contribution in [0.2, 0.25) is 0 Å². The molecule has 4 aromatic rings. The Morgan fingerprint density at radius 3 is 2.52 bits per heavy atom. The predicted octanol–water partition coefficient (Wildman–Crippen LogP) is 3.20. The zero-order valence-corrected chi connectivity index (χ0v) is 16.7. The van der Waals surface area contributed by atoms with Gasteiger partial charge in [-0.1, -0.05) is 44.2 Å². The van der Waals surface area contributed by atoms with E-state index < -0.39 is 0 Å². The van der Waals surface area contributed by atoms with Crippen molar-refractivity contribution in [2.75, 3.05) is 7.05 Å². The van der Waals surface area contributed by atoms with E-state index in [1.165, 1.54) is 4.68 Å². The Hall–Kier alpha value is -3.48. The zero-order valence-electron chi connectivity index (χ0n) is 16.7. The summed E-state index contributed by atoms with van der Waals surface area (Å²) in [5.41, 5.74) is 1.89. The van der Waals surface area contributed by atoms with E-state index in [2.05, 4.69) is 15.1 Å². The molecule has 7 heteroatoms. The molecule has 7 nitrogen and oxygen atoms in total. The van der Waals surface area contributed by atoms with Gasteiger partial charge in [0.15, 0.2) is 5.69 Å². The van der Waals surface area contributed by atoms with Crippen LogP contribution in [0.15, 0.2) is 53.3 Å². The number of carbonyl (C=O) groups excluding carboxylic acids is 1. The highest BCUT2D eigenvalue weighted by Crippen LogP contribution is 2.17. The van der Waals surface area contributed by atoms with Crippen LogP contribution in [0.3, 0.4) is 0 Å². The molecule has 0 saturated heterocycles. The second kappa shape index (κ2) is 7.50. The van der Waals surface area contributed by atoms with Crippen molar-refractivity contribution in [2.45, 2.75) is 26.9 Å². The Morgan fingerprint density at radius 1 is 1.10 bits per heavy atom. The topological polar surface area (TPSA) is 83.9 Å². The van der Waals surface area contributed by atoms with E-state index in [0.29, 0.717) is 29.7 Å². The van der Waals surface area contributed by atoms with Gasteiger partial charge in [-0.25, -0.2) is 9.67 Å². The second-order valence-electron chi connectivity index (χ2n) is 7.64.